The smallest absolute Gasteiger partial charge is 0.135 e. The second-order valence-electron chi connectivity index (χ2n) is 28.3. The highest BCUT2D eigenvalue weighted by Gasteiger charge is 2.36. The Labute approximate surface area is 489 Å². The first-order valence-corrected chi connectivity index (χ1v) is 29.9. The minimum absolute atomic E-state index is 0.0447. The normalized spacial score (nSPS) is 15.6. The van der Waals surface area contributed by atoms with Crippen LogP contribution in [0.15, 0.2) is 216 Å². The predicted molar refractivity (Wildman–Crippen MR) is 358 cm³/mol. The summed E-state index contributed by atoms with van der Waals surface area (Å²) in [5.41, 5.74) is 19.0. The predicted octanol–water partition coefficient (Wildman–Crippen LogP) is 23.1. The first-order valence-electron chi connectivity index (χ1n) is 29.9. The zero-order valence-corrected chi connectivity index (χ0v) is 50.6. The minimum atomic E-state index is 0.0447. The largest absolute Gasteiger partial charge is 0.456 e. The van der Waals surface area contributed by atoms with Crippen LogP contribution in [0.5, 0.6) is 0 Å². The highest BCUT2D eigenvalue weighted by Crippen LogP contribution is 2.49. The number of fused-ring (bicyclic) bond motifs is 11. The van der Waals surface area contributed by atoms with E-state index in [1.54, 1.807) is 0 Å². The van der Waals surface area contributed by atoms with Crippen molar-refractivity contribution in [2.75, 3.05) is 9.80 Å². The van der Waals surface area contributed by atoms with E-state index in [-0.39, 0.29) is 27.1 Å². The number of nitrogens with zero attached hydrogens (tertiary/aromatic N) is 3. The number of benzene rings is 10. The molecule has 3 heterocycles. The second-order valence-corrected chi connectivity index (χ2v) is 28.3. The molecule has 1 atom stereocenters. The maximum atomic E-state index is 6.35. The van der Waals surface area contributed by atoms with Crippen molar-refractivity contribution in [2.24, 2.45) is 10.8 Å². The molecule has 0 amide bonds. The van der Waals surface area contributed by atoms with Gasteiger partial charge in [-0.25, -0.2) is 0 Å². The summed E-state index contributed by atoms with van der Waals surface area (Å²) < 4.78 is 8.92. The van der Waals surface area contributed by atoms with Gasteiger partial charge in [0.15, 0.2) is 0 Å². The number of furan rings is 1. The van der Waals surface area contributed by atoms with Crippen LogP contribution in [0.2, 0.25) is 0 Å². The Morgan fingerprint density at radius 2 is 0.855 bits per heavy atom. The molecule has 3 aromatic heterocycles. The van der Waals surface area contributed by atoms with E-state index < -0.39 is 0 Å². The lowest BCUT2D eigenvalue weighted by Crippen LogP contribution is -2.32. The average Bonchev–Trinajstić information content (AvgIpc) is 1.93. The quantitative estimate of drug-likeness (QED) is 0.159. The molecule has 4 nitrogen and oxygen atoms in total. The molecule has 13 aromatic rings. The number of hydrogen-bond acceptors (Lipinski definition) is 3. The minimum Gasteiger partial charge on any atom is -0.456 e. The fraction of sp³-hybridized carbons (Fsp3) is 0.241. The van der Waals surface area contributed by atoms with Crippen LogP contribution in [0.3, 0.4) is 0 Å². The number of allylic oxidation sites excluding steroid dienone is 3. The Kier molecular flexibility index (Phi) is 11.7. The number of rotatable bonds is 7. The third kappa shape index (κ3) is 8.78. The van der Waals surface area contributed by atoms with Crippen molar-refractivity contribution in [1.29, 1.82) is 0 Å². The number of para-hydroxylation sites is 1. The molecule has 0 bridgehead atoms. The molecule has 0 N–H and O–H groups in total. The van der Waals surface area contributed by atoms with Gasteiger partial charge in [0, 0.05) is 66.5 Å². The highest BCUT2D eigenvalue weighted by atomic mass is 16.3. The lowest BCUT2D eigenvalue weighted by atomic mass is 9.64. The highest BCUT2D eigenvalue weighted by molar-refractivity contribution is 6.27. The summed E-state index contributed by atoms with van der Waals surface area (Å²) in [6.45, 7) is 30.1. The van der Waals surface area contributed by atoms with Gasteiger partial charge in [-0.1, -0.05) is 175 Å². The molecule has 0 saturated heterocycles. The van der Waals surface area contributed by atoms with Gasteiger partial charge in [0.25, 0.3) is 0 Å². The van der Waals surface area contributed by atoms with Crippen LogP contribution in [0.25, 0.3) is 92.7 Å². The summed E-state index contributed by atoms with van der Waals surface area (Å²) >= 11 is 0. The van der Waals surface area contributed by atoms with Crippen LogP contribution < -0.4 is 9.80 Å². The molecule has 14 rings (SSSR count). The van der Waals surface area contributed by atoms with Crippen molar-refractivity contribution in [1.82, 2.24) is 4.40 Å². The van der Waals surface area contributed by atoms with E-state index in [4.69, 9.17) is 4.42 Å². The lowest BCUT2D eigenvalue weighted by Gasteiger charge is -2.42. The van der Waals surface area contributed by atoms with E-state index in [0.29, 0.717) is 0 Å². The van der Waals surface area contributed by atoms with Gasteiger partial charge in [0.1, 0.15) is 11.2 Å². The van der Waals surface area contributed by atoms with Crippen LogP contribution in [-0.2, 0) is 16.2 Å². The molecule has 1 aliphatic carbocycles. The van der Waals surface area contributed by atoms with Gasteiger partial charge in [0.05, 0.1) is 16.6 Å². The number of aromatic nitrogens is 1. The van der Waals surface area contributed by atoms with E-state index in [9.17, 15) is 0 Å². The summed E-state index contributed by atoms with van der Waals surface area (Å²) in [5, 5.41) is 12.1. The van der Waals surface area contributed by atoms with Crippen LogP contribution >= 0.6 is 0 Å². The molecular weight excluding hydrogens is 1010 g/mol. The Hall–Kier alpha value is -8.60. The molecule has 4 heteroatoms. The molecule has 412 valence electrons. The Bertz CT molecular complexity index is 4730. The first kappa shape index (κ1) is 52.5. The number of hydrogen-bond donors (Lipinski definition) is 0. The summed E-state index contributed by atoms with van der Waals surface area (Å²) in [4.78, 5) is 4.89. The second kappa shape index (κ2) is 18.5. The van der Waals surface area contributed by atoms with Crippen LogP contribution in [0, 0.1) is 10.8 Å². The van der Waals surface area contributed by atoms with E-state index in [1.807, 2.05) is 6.07 Å². The lowest BCUT2D eigenvalue weighted by molar-refractivity contribution is 0.169. The molecule has 0 saturated carbocycles. The fourth-order valence-corrected chi connectivity index (χ4v) is 13.0. The standard InChI is InChI=1S/C79H75N3O/c1-75(2,3)55-21-29-58(30-22-55)80(59-31-23-56(24-32-59)76(4,5)6)62-27-18-49-42-65-68-45-54(51-20-35-73-67(44-51)64-16-14-15-17-72(64)83-73)46-69-66-43-50-19-28-63(41-53(50)48-71(66)82(74(68)69)70(65)47-52(49)40-62)81(60-33-25-57(26-34-60)77(7,8)9)61-36-38-79(13,39-37-61)78(10,11)12/h14-38,40-48H,39H2,1-13H3. The SMILES string of the molecule is CC(C)(C)c1ccc(N(C2=CCC(C)(C(C)(C)C)C=C2)c2ccc3cc4c5cc(-c6ccc7oc8ccccc8c7c6)cc6c7cc8ccc(N(c9ccc(C(C)(C)C)cc9)c9ccc(C(C)(C)C)cc9)cc8cc7n(c4cc3c2)c56)cc1. The molecule has 0 fully saturated rings. The van der Waals surface area contributed by atoms with Crippen molar-refractivity contribution in [3.63, 3.8) is 0 Å². The monoisotopic (exact) mass is 1080 g/mol. The van der Waals surface area contributed by atoms with Gasteiger partial charge < -0.3 is 18.6 Å². The van der Waals surface area contributed by atoms with E-state index in [2.05, 4.69) is 304 Å². The Morgan fingerprint density at radius 1 is 0.398 bits per heavy atom. The molecule has 1 unspecified atom stereocenters. The van der Waals surface area contributed by atoms with Crippen molar-refractivity contribution < 1.29 is 4.42 Å². The van der Waals surface area contributed by atoms with Gasteiger partial charge in [-0.15, -0.1) is 0 Å². The van der Waals surface area contributed by atoms with Crippen molar-refractivity contribution >= 4 is 110 Å². The summed E-state index contributed by atoms with van der Waals surface area (Å²) in [6.07, 6.45) is 8.24. The first-order chi connectivity index (χ1) is 39.5. The third-order valence-electron chi connectivity index (χ3n) is 18.8. The molecule has 0 aliphatic heterocycles. The van der Waals surface area contributed by atoms with Gasteiger partial charge >= 0.3 is 0 Å². The summed E-state index contributed by atoms with van der Waals surface area (Å²) in [7, 11) is 0. The Balaban J connectivity index is 0.983. The van der Waals surface area contributed by atoms with Crippen LogP contribution in [-0.4, -0.2) is 4.40 Å². The third-order valence-corrected chi connectivity index (χ3v) is 18.8. The summed E-state index contributed by atoms with van der Waals surface area (Å²) in [6, 6.07) is 71.5. The van der Waals surface area contributed by atoms with E-state index >= 15 is 0 Å². The summed E-state index contributed by atoms with van der Waals surface area (Å²) in [5.74, 6) is 0. The molecular formula is C79H75N3O. The van der Waals surface area contributed by atoms with Gasteiger partial charge in [-0.3, -0.25) is 0 Å². The molecule has 83 heavy (non-hydrogen) atoms. The molecule has 0 radical (unpaired) electrons. The van der Waals surface area contributed by atoms with E-state index in [0.717, 1.165) is 56.8 Å². The topological polar surface area (TPSA) is 24.0 Å². The fourth-order valence-electron chi connectivity index (χ4n) is 13.0. The van der Waals surface area contributed by atoms with Gasteiger partial charge in [-0.05, 0) is 204 Å². The van der Waals surface area contributed by atoms with Crippen LogP contribution in [0.4, 0.5) is 28.4 Å². The maximum Gasteiger partial charge on any atom is 0.135 e. The zero-order valence-electron chi connectivity index (χ0n) is 50.6. The van der Waals surface area contributed by atoms with Gasteiger partial charge in [0.2, 0.25) is 0 Å². The molecule has 0 spiro atoms. The molecule has 10 aromatic carbocycles. The van der Waals surface area contributed by atoms with Crippen molar-refractivity contribution in [3.8, 4) is 11.1 Å². The Morgan fingerprint density at radius 3 is 1.34 bits per heavy atom. The average molecular weight is 1080 g/mol. The number of anilines is 5. The van der Waals surface area contributed by atoms with Crippen molar-refractivity contribution in [3.05, 3.63) is 229 Å². The zero-order chi connectivity index (χ0) is 57.7. The molecule has 1 aliphatic rings. The van der Waals surface area contributed by atoms with Crippen molar-refractivity contribution in [2.45, 2.75) is 113 Å². The van der Waals surface area contributed by atoms with Gasteiger partial charge in [-0.2, -0.15) is 0 Å². The van der Waals surface area contributed by atoms with E-state index in [1.165, 1.54) is 93.2 Å². The maximum absolute atomic E-state index is 6.35. The van der Waals surface area contributed by atoms with Crippen LogP contribution in [0.1, 0.15) is 113 Å².